The fourth-order valence-electron chi connectivity index (χ4n) is 1.49. The topological polar surface area (TPSA) is 54.4 Å². The summed E-state index contributed by atoms with van der Waals surface area (Å²) in [7, 11) is 1.59. The van der Waals surface area contributed by atoms with Crippen molar-refractivity contribution in [2.45, 2.75) is 32.9 Å². The van der Waals surface area contributed by atoms with E-state index in [9.17, 15) is 5.11 Å². The van der Waals surface area contributed by atoms with Crippen molar-refractivity contribution in [2.75, 3.05) is 20.3 Å². The van der Waals surface area contributed by atoms with E-state index >= 15 is 0 Å². The van der Waals surface area contributed by atoms with E-state index < -0.39 is 6.10 Å². The number of aliphatic hydroxyl groups excluding tert-OH is 1. The first-order chi connectivity index (χ1) is 8.11. The third kappa shape index (κ3) is 6.12. The van der Waals surface area contributed by atoms with Gasteiger partial charge in [0.1, 0.15) is 0 Å². The number of rotatable bonds is 8. The van der Waals surface area contributed by atoms with Gasteiger partial charge in [0.15, 0.2) is 0 Å². The average molecular weight is 258 g/mol. The van der Waals surface area contributed by atoms with Crippen LogP contribution in [0, 0.1) is 5.92 Å². The number of aromatic nitrogens is 1. The van der Waals surface area contributed by atoms with Crippen LogP contribution in [0.1, 0.15) is 23.7 Å². The van der Waals surface area contributed by atoms with Gasteiger partial charge in [-0.15, -0.1) is 11.3 Å². The van der Waals surface area contributed by atoms with Crippen LogP contribution in [0.5, 0.6) is 0 Å². The van der Waals surface area contributed by atoms with Crippen LogP contribution < -0.4 is 5.32 Å². The smallest absolute Gasteiger partial charge is 0.0930 e. The molecule has 0 amide bonds. The third-order valence-electron chi connectivity index (χ3n) is 2.22. The maximum Gasteiger partial charge on any atom is 0.0930 e. The Bertz CT molecular complexity index is 315. The average Bonchev–Trinajstić information content (AvgIpc) is 2.65. The molecule has 98 valence electrons. The van der Waals surface area contributed by atoms with Crippen LogP contribution in [0.3, 0.4) is 0 Å². The lowest BCUT2D eigenvalue weighted by Crippen LogP contribution is -2.29. The summed E-state index contributed by atoms with van der Waals surface area (Å²) < 4.78 is 4.85. The SMILES string of the molecule is COCC(O)CNCc1cnc(CC(C)C)s1. The number of nitrogens with zero attached hydrogens (tertiary/aromatic N) is 1. The zero-order valence-electron chi connectivity index (χ0n) is 10.8. The first-order valence-corrected chi connectivity index (χ1v) is 6.74. The zero-order valence-corrected chi connectivity index (χ0v) is 11.6. The second-order valence-electron chi connectivity index (χ2n) is 4.56. The number of thiazole rings is 1. The molecule has 1 unspecified atom stereocenters. The van der Waals surface area contributed by atoms with E-state index in [0.717, 1.165) is 13.0 Å². The van der Waals surface area contributed by atoms with Crippen molar-refractivity contribution in [3.8, 4) is 0 Å². The molecule has 1 atom stereocenters. The Morgan fingerprint density at radius 1 is 1.53 bits per heavy atom. The van der Waals surface area contributed by atoms with Gasteiger partial charge in [0.05, 0.1) is 17.7 Å². The third-order valence-corrected chi connectivity index (χ3v) is 3.24. The predicted molar refractivity (Wildman–Crippen MR) is 70.2 cm³/mol. The predicted octanol–water partition coefficient (Wildman–Crippen LogP) is 1.44. The molecule has 0 bridgehead atoms. The van der Waals surface area contributed by atoms with Crippen molar-refractivity contribution >= 4 is 11.3 Å². The van der Waals surface area contributed by atoms with E-state index in [1.54, 1.807) is 18.4 Å². The van der Waals surface area contributed by atoms with Crippen molar-refractivity contribution in [1.29, 1.82) is 0 Å². The summed E-state index contributed by atoms with van der Waals surface area (Å²) in [5.74, 6) is 0.644. The molecule has 0 saturated carbocycles. The van der Waals surface area contributed by atoms with E-state index in [1.807, 2.05) is 6.20 Å². The number of hydrogen-bond donors (Lipinski definition) is 2. The summed E-state index contributed by atoms with van der Waals surface area (Å²) in [6.07, 6.45) is 2.51. The fourth-order valence-corrected chi connectivity index (χ4v) is 2.59. The summed E-state index contributed by atoms with van der Waals surface area (Å²) in [6.45, 7) is 6.07. The highest BCUT2D eigenvalue weighted by Crippen LogP contribution is 2.16. The molecule has 0 radical (unpaired) electrons. The molecule has 1 aromatic heterocycles. The minimum atomic E-state index is -0.442. The van der Waals surface area contributed by atoms with E-state index in [0.29, 0.717) is 19.1 Å². The van der Waals surface area contributed by atoms with Gasteiger partial charge in [0.25, 0.3) is 0 Å². The van der Waals surface area contributed by atoms with Crippen molar-refractivity contribution in [2.24, 2.45) is 5.92 Å². The Labute approximate surface area is 107 Å². The normalized spacial score (nSPS) is 13.2. The Hall–Kier alpha value is -0.490. The fraction of sp³-hybridized carbons (Fsp3) is 0.750. The summed E-state index contributed by atoms with van der Waals surface area (Å²) in [5.41, 5.74) is 0. The van der Waals surface area contributed by atoms with Gasteiger partial charge in [-0.25, -0.2) is 4.98 Å². The zero-order chi connectivity index (χ0) is 12.7. The molecule has 0 aliphatic rings. The Kier molecular flexibility index (Phi) is 6.65. The van der Waals surface area contributed by atoms with Gasteiger partial charge in [0.2, 0.25) is 0 Å². The summed E-state index contributed by atoms with van der Waals surface area (Å²) >= 11 is 1.74. The van der Waals surface area contributed by atoms with Crippen molar-refractivity contribution in [3.05, 3.63) is 16.1 Å². The quantitative estimate of drug-likeness (QED) is 0.741. The minimum Gasteiger partial charge on any atom is -0.389 e. The second-order valence-corrected chi connectivity index (χ2v) is 5.76. The van der Waals surface area contributed by atoms with Crippen LogP contribution in [0.4, 0.5) is 0 Å². The first-order valence-electron chi connectivity index (χ1n) is 5.93. The largest absolute Gasteiger partial charge is 0.389 e. The van der Waals surface area contributed by atoms with Gasteiger partial charge >= 0.3 is 0 Å². The standard InChI is InChI=1S/C12H22N2O2S/c1-9(2)4-12-14-7-11(17-12)6-13-5-10(15)8-16-3/h7,9-10,13,15H,4-6,8H2,1-3H3. The summed E-state index contributed by atoms with van der Waals surface area (Å²) in [5, 5.41) is 13.8. The van der Waals surface area contributed by atoms with Crippen LogP contribution in [0.2, 0.25) is 0 Å². The number of nitrogens with one attached hydrogen (secondary N) is 1. The Morgan fingerprint density at radius 2 is 2.29 bits per heavy atom. The number of ether oxygens (including phenoxy) is 1. The van der Waals surface area contributed by atoms with E-state index in [4.69, 9.17) is 4.74 Å². The van der Waals surface area contributed by atoms with Gasteiger partial charge in [-0.3, -0.25) is 0 Å². The number of hydrogen-bond acceptors (Lipinski definition) is 5. The molecule has 4 nitrogen and oxygen atoms in total. The van der Waals surface area contributed by atoms with Crippen LogP contribution in [0.25, 0.3) is 0 Å². The molecule has 0 aliphatic carbocycles. The van der Waals surface area contributed by atoms with Gasteiger partial charge in [-0.05, 0) is 5.92 Å². The molecule has 17 heavy (non-hydrogen) atoms. The maximum atomic E-state index is 9.45. The Morgan fingerprint density at radius 3 is 2.94 bits per heavy atom. The first kappa shape index (κ1) is 14.6. The number of aliphatic hydroxyl groups is 1. The van der Waals surface area contributed by atoms with Crippen LogP contribution in [0.15, 0.2) is 6.20 Å². The molecule has 5 heteroatoms. The van der Waals surface area contributed by atoms with E-state index in [2.05, 4.69) is 24.1 Å². The lowest BCUT2D eigenvalue weighted by molar-refractivity contribution is 0.0644. The second kappa shape index (κ2) is 7.76. The van der Waals surface area contributed by atoms with Crippen molar-refractivity contribution in [3.63, 3.8) is 0 Å². The molecule has 1 aromatic rings. The van der Waals surface area contributed by atoms with E-state index in [-0.39, 0.29) is 0 Å². The summed E-state index contributed by atoms with van der Waals surface area (Å²) in [6, 6.07) is 0. The van der Waals surface area contributed by atoms with Crippen molar-refractivity contribution in [1.82, 2.24) is 10.3 Å². The van der Waals surface area contributed by atoms with Gasteiger partial charge in [0, 0.05) is 37.7 Å². The molecule has 0 fully saturated rings. The minimum absolute atomic E-state index is 0.369. The maximum absolute atomic E-state index is 9.45. The lowest BCUT2D eigenvalue weighted by atomic mass is 10.1. The molecule has 0 aromatic carbocycles. The molecule has 1 rings (SSSR count). The molecule has 2 N–H and O–H groups in total. The van der Waals surface area contributed by atoms with E-state index in [1.165, 1.54) is 9.88 Å². The number of methoxy groups -OCH3 is 1. The highest BCUT2D eigenvalue weighted by Gasteiger charge is 2.06. The van der Waals surface area contributed by atoms with Gasteiger partial charge in [-0.2, -0.15) is 0 Å². The van der Waals surface area contributed by atoms with Crippen LogP contribution in [-0.4, -0.2) is 36.5 Å². The van der Waals surface area contributed by atoms with Crippen LogP contribution in [-0.2, 0) is 17.7 Å². The molecular formula is C12H22N2O2S. The van der Waals surface area contributed by atoms with Crippen LogP contribution >= 0.6 is 11.3 Å². The Balaban J connectivity index is 2.25. The van der Waals surface area contributed by atoms with Gasteiger partial charge < -0.3 is 15.2 Å². The highest BCUT2D eigenvalue weighted by atomic mass is 32.1. The van der Waals surface area contributed by atoms with Gasteiger partial charge in [-0.1, -0.05) is 13.8 Å². The lowest BCUT2D eigenvalue weighted by Gasteiger charge is -2.09. The van der Waals surface area contributed by atoms with Crippen molar-refractivity contribution < 1.29 is 9.84 Å². The molecule has 0 spiro atoms. The summed E-state index contributed by atoms with van der Waals surface area (Å²) in [4.78, 5) is 5.59. The molecule has 1 heterocycles. The molecular weight excluding hydrogens is 236 g/mol. The molecule has 0 aliphatic heterocycles. The highest BCUT2D eigenvalue weighted by molar-refractivity contribution is 7.11. The monoisotopic (exact) mass is 258 g/mol. The molecule has 0 saturated heterocycles.